The van der Waals surface area contributed by atoms with E-state index in [1.807, 2.05) is 44.2 Å². The Morgan fingerprint density at radius 1 is 1.03 bits per heavy atom. The van der Waals surface area contributed by atoms with E-state index in [1.165, 1.54) is 0 Å². The van der Waals surface area contributed by atoms with Crippen LogP contribution in [0.1, 0.15) is 36.0 Å². The summed E-state index contributed by atoms with van der Waals surface area (Å²) in [6, 6.07) is 13.4. The van der Waals surface area contributed by atoms with Gasteiger partial charge in [-0.1, -0.05) is 30.3 Å². The molecule has 0 aliphatic heterocycles. The highest BCUT2D eigenvalue weighted by atomic mass is 16.3. The van der Waals surface area contributed by atoms with E-state index in [4.69, 9.17) is 0 Å². The van der Waals surface area contributed by atoms with Crippen LogP contribution in [0.2, 0.25) is 0 Å². The highest BCUT2D eigenvalue weighted by Crippen LogP contribution is 2.27. The molecule has 160 valence electrons. The molecular formula is C24H31N3O3. The fraction of sp³-hybridized carbons (Fsp3) is 0.417. The van der Waals surface area contributed by atoms with Gasteiger partial charge in [0.05, 0.1) is 6.54 Å². The summed E-state index contributed by atoms with van der Waals surface area (Å²) in [6.45, 7) is 5.42. The maximum absolute atomic E-state index is 12.6. The number of nitrogens with zero attached hydrogens (tertiary/aromatic N) is 1. The lowest BCUT2D eigenvalue weighted by atomic mass is 10.1. The van der Waals surface area contributed by atoms with Crippen LogP contribution in [0.3, 0.4) is 0 Å². The number of para-hydroxylation sites is 1. The lowest BCUT2D eigenvalue weighted by Crippen LogP contribution is -2.38. The van der Waals surface area contributed by atoms with E-state index >= 15 is 0 Å². The van der Waals surface area contributed by atoms with Crippen LogP contribution in [0.25, 0.3) is 0 Å². The number of hydrogen-bond acceptors (Lipinski definition) is 4. The predicted molar refractivity (Wildman–Crippen MR) is 119 cm³/mol. The number of amides is 2. The summed E-state index contributed by atoms with van der Waals surface area (Å²) < 4.78 is 0. The number of carbonyl (C=O) groups excluding carboxylic acids is 2. The van der Waals surface area contributed by atoms with Crippen molar-refractivity contribution in [1.29, 1.82) is 0 Å². The number of nitrogens with one attached hydrogen (secondary N) is 2. The van der Waals surface area contributed by atoms with Crippen molar-refractivity contribution in [2.24, 2.45) is 0 Å². The number of benzene rings is 2. The zero-order chi connectivity index (χ0) is 21.5. The molecule has 0 atom stereocenters. The molecule has 0 bridgehead atoms. The number of hydrogen-bond donors (Lipinski definition) is 3. The van der Waals surface area contributed by atoms with Crippen molar-refractivity contribution in [2.75, 3.05) is 25.0 Å². The van der Waals surface area contributed by atoms with Crippen LogP contribution in [-0.4, -0.2) is 47.5 Å². The molecule has 30 heavy (non-hydrogen) atoms. The van der Waals surface area contributed by atoms with E-state index in [1.54, 1.807) is 12.1 Å². The smallest absolute Gasteiger partial charge is 0.238 e. The number of phenols is 1. The Labute approximate surface area is 178 Å². The molecule has 1 saturated carbocycles. The molecule has 0 spiro atoms. The van der Waals surface area contributed by atoms with Crippen LogP contribution in [0.4, 0.5) is 5.69 Å². The fourth-order valence-electron chi connectivity index (χ4n) is 3.55. The van der Waals surface area contributed by atoms with Crippen molar-refractivity contribution in [3.63, 3.8) is 0 Å². The predicted octanol–water partition coefficient (Wildman–Crippen LogP) is 3.16. The van der Waals surface area contributed by atoms with Crippen LogP contribution < -0.4 is 10.6 Å². The second kappa shape index (κ2) is 10.3. The summed E-state index contributed by atoms with van der Waals surface area (Å²) in [5, 5.41) is 15.3. The van der Waals surface area contributed by atoms with Gasteiger partial charge in [0.15, 0.2) is 0 Å². The average Bonchev–Trinajstić information content (AvgIpc) is 3.55. The van der Waals surface area contributed by atoms with Crippen molar-refractivity contribution < 1.29 is 14.7 Å². The number of carbonyl (C=O) groups is 2. The van der Waals surface area contributed by atoms with Crippen molar-refractivity contribution in [2.45, 2.75) is 45.6 Å². The van der Waals surface area contributed by atoms with Crippen molar-refractivity contribution >= 4 is 17.5 Å². The fourth-order valence-corrected chi connectivity index (χ4v) is 3.55. The molecule has 2 aromatic carbocycles. The quantitative estimate of drug-likeness (QED) is 0.563. The Morgan fingerprint density at radius 3 is 2.33 bits per heavy atom. The third-order valence-electron chi connectivity index (χ3n) is 5.45. The Kier molecular flexibility index (Phi) is 7.46. The number of rotatable bonds is 10. The minimum atomic E-state index is -0.0351. The van der Waals surface area contributed by atoms with Crippen LogP contribution >= 0.6 is 0 Å². The molecule has 2 aromatic rings. The third kappa shape index (κ3) is 6.59. The lowest BCUT2D eigenvalue weighted by Gasteiger charge is -2.22. The summed E-state index contributed by atoms with van der Waals surface area (Å²) in [5.74, 6) is 0.200. The normalized spacial score (nSPS) is 13.3. The van der Waals surface area contributed by atoms with E-state index in [9.17, 15) is 14.7 Å². The maximum atomic E-state index is 12.6. The van der Waals surface area contributed by atoms with Gasteiger partial charge in [0.25, 0.3) is 0 Å². The van der Waals surface area contributed by atoms with Gasteiger partial charge < -0.3 is 15.7 Å². The molecule has 1 fully saturated rings. The molecule has 0 unspecified atom stereocenters. The van der Waals surface area contributed by atoms with E-state index in [2.05, 4.69) is 15.5 Å². The summed E-state index contributed by atoms with van der Waals surface area (Å²) >= 11 is 0. The Hall–Kier alpha value is -2.86. The topological polar surface area (TPSA) is 81.7 Å². The zero-order valence-corrected chi connectivity index (χ0v) is 17.8. The van der Waals surface area contributed by atoms with Crippen molar-refractivity contribution in [1.82, 2.24) is 10.2 Å². The first-order chi connectivity index (χ1) is 14.4. The van der Waals surface area contributed by atoms with Gasteiger partial charge in [0.1, 0.15) is 5.75 Å². The number of aromatic hydroxyl groups is 1. The van der Waals surface area contributed by atoms with Gasteiger partial charge in [-0.3, -0.25) is 14.5 Å². The van der Waals surface area contributed by atoms with Gasteiger partial charge in [0.2, 0.25) is 11.8 Å². The number of anilines is 1. The first-order valence-electron chi connectivity index (χ1n) is 10.6. The largest absolute Gasteiger partial charge is 0.508 e. The van der Waals surface area contributed by atoms with E-state index < -0.39 is 0 Å². The summed E-state index contributed by atoms with van der Waals surface area (Å²) in [6.07, 6.45) is 3.26. The Morgan fingerprint density at radius 2 is 1.70 bits per heavy atom. The lowest BCUT2D eigenvalue weighted by molar-refractivity contribution is -0.122. The summed E-state index contributed by atoms with van der Waals surface area (Å²) in [7, 11) is 0. The molecule has 1 aliphatic carbocycles. The molecule has 1 aliphatic rings. The van der Waals surface area contributed by atoms with E-state index in [0.29, 0.717) is 32.1 Å². The number of aryl methyl sites for hydroxylation is 2. The molecule has 0 heterocycles. The van der Waals surface area contributed by atoms with Gasteiger partial charge in [-0.15, -0.1) is 0 Å². The SMILES string of the molecule is Cc1cccc(C)c1NC(=O)CN(CCC(=O)NCCc1ccc(O)cc1)C1CC1. The second-order valence-electron chi connectivity index (χ2n) is 8.03. The third-order valence-corrected chi connectivity index (χ3v) is 5.45. The molecule has 3 rings (SSSR count). The first kappa shape index (κ1) is 21.8. The van der Waals surface area contributed by atoms with Crippen molar-refractivity contribution in [3.05, 3.63) is 59.2 Å². The second-order valence-corrected chi connectivity index (χ2v) is 8.03. The van der Waals surface area contributed by atoms with E-state index in [-0.39, 0.29) is 17.6 Å². The van der Waals surface area contributed by atoms with Crippen LogP contribution in [0, 0.1) is 13.8 Å². The minimum Gasteiger partial charge on any atom is -0.508 e. The van der Waals surface area contributed by atoms with Gasteiger partial charge in [-0.25, -0.2) is 0 Å². The highest BCUT2D eigenvalue weighted by molar-refractivity contribution is 5.93. The molecule has 2 amide bonds. The molecule has 0 radical (unpaired) electrons. The van der Waals surface area contributed by atoms with Crippen LogP contribution in [-0.2, 0) is 16.0 Å². The van der Waals surface area contributed by atoms with Gasteiger partial charge in [0, 0.05) is 31.2 Å². The molecule has 0 aromatic heterocycles. The summed E-state index contributed by atoms with van der Waals surface area (Å²) in [4.78, 5) is 26.9. The zero-order valence-electron chi connectivity index (χ0n) is 17.8. The van der Waals surface area contributed by atoms with E-state index in [0.717, 1.165) is 41.6 Å². The molecule has 6 heteroatoms. The highest BCUT2D eigenvalue weighted by Gasteiger charge is 2.30. The summed E-state index contributed by atoms with van der Waals surface area (Å²) in [5.41, 5.74) is 4.05. The van der Waals surface area contributed by atoms with Gasteiger partial charge in [-0.05, 0) is 61.9 Å². The Balaban J connectivity index is 1.42. The molecule has 6 nitrogen and oxygen atoms in total. The van der Waals surface area contributed by atoms with Crippen molar-refractivity contribution in [3.8, 4) is 5.75 Å². The van der Waals surface area contributed by atoms with Crippen LogP contribution in [0.5, 0.6) is 5.75 Å². The minimum absolute atomic E-state index is 0.00501. The molecule has 3 N–H and O–H groups in total. The Bertz CT molecular complexity index is 856. The van der Waals surface area contributed by atoms with Gasteiger partial charge in [-0.2, -0.15) is 0 Å². The first-order valence-corrected chi connectivity index (χ1v) is 10.6. The average molecular weight is 410 g/mol. The molecular weight excluding hydrogens is 378 g/mol. The molecule has 0 saturated heterocycles. The van der Waals surface area contributed by atoms with Crippen LogP contribution in [0.15, 0.2) is 42.5 Å². The van der Waals surface area contributed by atoms with Gasteiger partial charge >= 0.3 is 0 Å². The monoisotopic (exact) mass is 409 g/mol. The number of phenolic OH excluding ortho intramolecular Hbond substituents is 1. The maximum Gasteiger partial charge on any atom is 0.238 e. The standard InChI is InChI=1S/C24H31N3O3/c1-17-4-3-5-18(2)24(17)26-23(30)16-27(20-8-9-20)15-13-22(29)25-14-12-19-6-10-21(28)11-7-19/h3-7,10-11,20,28H,8-9,12-16H2,1-2H3,(H,25,29)(H,26,30).